The molecule has 2 aromatic rings. The number of hydrogen-bond acceptors (Lipinski definition) is 5. The van der Waals surface area contributed by atoms with Gasteiger partial charge in [-0.3, -0.25) is 19.7 Å². The Morgan fingerprint density at radius 2 is 1.54 bits per heavy atom. The number of nitrogens with zero attached hydrogens (tertiary/aromatic N) is 3. The second-order valence-electron chi connectivity index (χ2n) is 4.91. The fourth-order valence-corrected chi connectivity index (χ4v) is 2.33. The first-order valence-electron chi connectivity index (χ1n) is 7.01. The van der Waals surface area contributed by atoms with Crippen molar-refractivity contribution in [3.8, 4) is 0 Å². The number of allylic oxidation sites excluding steroid dienone is 1. The van der Waals surface area contributed by atoms with Crippen molar-refractivity contribution in [2.75, 3.05) is 0 Å². The Balaban J connectivity index is 1.78. The Bertz CT molecular complexity index is 867. The number of hydrogen-bond donors (Lipinski definition) is 0. The first kappa shape index (κ1) is 15.3. The van der Waals surface area contributed by atoms with Gasteiger partial charge in [0, 0.05) is 12.3 Å². The number of hydrazone groups is 1. The summed E-state index contributed by atoms with van der Waals surface area (Å²) >= 11 is 0. The first-order chi connectivity index (χ1) is 11.6. The minimum atomic E-state index is -0.494. The van der Waals surface area contributed by atoms with E-state index >= 15 is 0 Å². The van der Waals surface area contributed by atoms with Gasteiger partial charge in [-0.25, -0.2) is 0 Å². The number of para-hydroxylation sites is 1. The molecule has 0 N–H and O–H groups in total. The lowest BCUT2D eigenvalue weighted by molar-refractivity contribution is -0.385. The summed E-state index contributed by atoms with van der Waals surface area (Å²) < 4.78 is 0. The molecule has 0 aliphatic carbocycles. The van der Waals surface area contributed by atoms with Gasteiger partial charge in [-0.1, -0.05) is 24.3 Å². The molecule has 0 bridgehead atoms. The van der Waals surface area contributed by atoms with E-state index in [1.807, 2.05) is 0 Å². The maximum atomic E-state index is 12.1. The molecule has 7 nitrogen and oxygen atoms in total. The molecule has 0 unspecified atom stereocenters. The lowest BCUT2D eigenvalue weighted by Gasteiger charge is -2.04. The van der Waals surface area contributed by atoms with E-state index in [-0.39, 0.29) is 5.69 Å². The summed E-state index contributed by atoms with van der Waals surface area (Å²) in [5.74, 6) is -0.989. The first-order valence-corrected chi connectivity index (χ1v) is 7.01. The van der Waals surface area contributed by atoms with Gasteiger partial charge < -0.3 is 0 Å². The summed E-state index contributed by atoms with van der Waals surface area (Å²) in [4.78, 5) is 34.6. The molecule has 1 aliphatic rings. The molecule has 2 amide bonds. The molecular weight excluding hydrogens is 310 g/mol. The van der Waals surface area contributed by atoms with Crippen LogP contribution >= 0.6 is 0 Å². The number of nitro groups is 1. The summed E-state index contributed by atoms with van der Waals surface area (Å²) in [6.07, 6.45) is 4.17. The van der Waals surface area contributed by atoms with E-state index in [0.29, 0.717) is 16.7 Å². The molecule has 1 heterocycles. The topological polar surface area (TPSA) is 92.9 Å². The molecule has 0 spiro atoms. The summed E-state index contributed by atoms with van der Waals surface area (Å²) in [5, 5.41) is 15.5. The van der Waals surface area contributed by atoms with Crippen LogP contribution in [0.25, 0.3) is 6.08 Å². The van der Waals surface area contributed by atoms with Gasteiger partial charge in [0.05, 0.1) is 21.6 Å². The van der Waals surface area contributed by atoms with Crippen molar-refractivity contribution in [3.63, 3.8) is 0 Å². The number of imide groups is 1. The van der Waals surface area contributed by atoms with Gasteiger partial charge >= 0.3 is 0 Å². The van der Waals surface area contributed by atoms with Crippen LogP contribution in [0.2, 0.25) is 0 Å². The van der Waals surface area contributed by atoms with Crippen molar-refractivity contribution in [2.45, 2.75) is 0 Å². The number of rotatable bonds is 4. The summed E-state index contributed by atoms with van der Waals surface area (Å²) in [7, 11) is 0. The predicted octanol–water partition coefficient (Wildman–Crippen LogP) is 2.89. The van der Waals surface area contributed by atoms with Crippen LogP contribution in [0.15, 0.2) is 59.7 Å². The molecule has 1 aliphatic heterocycles. The lowest BCUT2D eigenvalue weighted by Crippen LogP contribution is -2.23. The fraction of sp³-hybridized carbons (Fsp3) is 0. The van der Waals surface area contributed by atoms with E-state index in [1.165, 1.54) is 24.4 Å². The second kappa shape index (κ2) is 6.25. The average Bonchev–Trinajstić information content (AvgIpc) is 2.84. The van der Waals surface area contributed by atoms with Crippen molar-refractivity contribution in [3.05, 3.63) is 81.4 Å². The Morgan fingerprint density at radius 3 is 2.17 bits per heavy atom. The Morgan fingerprint density at radius 1 is 0.958 bits per heavy atom. The van der Waals surface area contributed by atoms with Crippen LogP contribution in [0, 0.1) is 10.1 Å². The van der Waals surface area contributed by atoms with E-state index < -0.39 is 16.7 Å². The highest BCUT2D eigenvalue weighted by Crippen LogP contribution is 2.22. The molecule has 3 rings (SSSR count). The van der Waals surface area contributed by atoms with Crippen LogP contribution in [0.1, 0.15) is 26.3 Å². The Hall–Kier alpha value is -3.61. The third-order valence-corrected chi connectivity index (χ3v) is 3.45. The third-order valence-electron chi connectivity index (χ3n) is 3.45. The smallest absolute Gasteiger partial charge is 0.267 e. The van der Waals surface area contributed by atoms with E-state index in [2.05, 4.69) is 5.10 Å². The van der Waals surface area contributed by atoms with E-state index in [9.17, 15) is 19.7 Å². The standard InChI is InChI=1S/C17H11N3O4/c21-16-13-8-2-3-9-14(13)17(22)19(16)18-11-5-7-12-6-1-4-10-15(12)20(23)24/h1-11H/b7-5+,18-11+. The van der Waals surface area contributed by atoms with Gasteiger partial charge in [0.1, 0.15) is 0 Å². The molecule has 2 aromatic carbocycles. The van der Waals surface area contributed by atoms with Gasteiger partial charge in [-0.2, -0.15) is 10.1 Å². The van der Waals surface area contributed by atoms with Gasteiger partial charge in [-0.05, 0) is 30.4 Å². The zero-order valence-corrected chi connectivity index (χ0v) is 12.3. The highest BCUT2D eigenvalue weighted by molar-refractivity contribution is 6.21. The third kappa shape index (κ3) is 2.70. The quantitative estimate of drug-likeness (QED) is 0.374. The molecule has 0 radical (unpaired) electrons. The van der Waals surface area contributed by atoms with Crippen molar-refractivity contribution >= 4 is 29.8 Å². The molecule has 0 atom stereocenters. The highest BCUT2D eigenvalue weighted by atomic mass is 16.6. The summed E-state index contributed by atoms with van der Waals surface area (Å²) in [5.41, 5.74) is 0.976. The van der Waals surface area contributed by atoms with Crippen molar-refractivity contribution < 1.29 is 14.5 Å². The summed E-state index contributed by atoms with van der Waals surface area (Å²) in [6.45, 7) is 0. The number of nitro benzene ring substituents is 1. The van der Waals surface area contributed by atoms with Crippen molar-refractivity contribution in [1.82, 2.24) is 5.01 Å². The zero-order chi connectivity index (χ0) is 17.1. The van der Waals surface area contributed by atoms with Crippen molar-refractivity contribution in [2.24, 2.45) is 5.10 Å². The molecule has 7 heteroatoms. The minimum Gasteiger partial charge on any atom is -0.267 e. The average molecular weight is 321 g/mol. The monoisotopic (exact) mass is 321 g/mol. The lowest BCUT2D eigenvalue weighted by atomic mass is 10.1. The number of carbonyl (C=O) groups excluding carboxylic acids is 2. The van der Waals surface area contributed by atoms with Crippen LogP contribution in [0.4, 0.5) is 5.69 Å². The van der Waals surface area contributed by atoms with Crippen LogP contribution < -0.4 is 0 Å². The number of amides is 2. The van der Waals surface area contributed by atoms with Crippen LogP contribution in [0.3, 0.4) is 0 Å². The summed E-state index contributed by atoms with van der Waals surface area (Å²) in [6, 6.07) is 12.7. The zero-order valence-electron chi connectivity index (χ0n) is 12.3. The number of benzene rings is 2. The van der Waals surface area contributed by atoms with Gasteiger partial charge in [0.25, 0.3) is 17.5 Å². The minimum absolute atomic E-state index is 0.0390. The fourth-order valence-electron chi connectivity index (χ4n) is 2.33. The molecular formula is C17H11N3O4. The maximum Gasteiger partial charge on any atom is 0.282 e. The molecule has 0 saturated heterocycles. The number of fused-ring (bicyclic) bond motifs is 1. The normalized spacial score (nSPS) is 13.9. The van der Waals surface area contributed by atoms with Gasteiger partial charge in [0.15, 0.2) is 0 Å². The maximum absolute atomic E-state index is 12.1. The van der Waals surface area contributed by atoms with Crippen molar-refractivity contribution in [1.29, 1.82) is 0 Å². The van der Waals surface area contributed by atoms with Crippen LogP contribution in [-0.2, 0) is 0 Å². The predicted molar refractivity (Wildman–Crippen MR) is 87.6 cm³/mol. The van der Waals surface area contributed by atoms with Gasteiger partial charge in [-0.15, -0.1) is 0 Å². The Kier molecular flexibility index (Phi) is 3.98. The SMILES string of the molecule is O=C1c2ccccc2C(=O)N1/N=C/C=C/c1ccccc1[N+](=O)[O-]. The van der Waals surface area contributed by atoms with E-state index in [1.54, 1.807) is 42.5 Å². The van der Waals surface area contributed by atoms with E-state index in [0.717, 1.165) is 5.01 Å². The molecule has 0 fully saturated rings. The van der Waals surface area contributed by atoms with E-state index in [4.69, 9.17) is 0 Å². The molecule has 0 saturated carbocycles. The van der Waals surface area contributed by atoms with Crippen LogP contribution in [0.5, 0.6) is 0 Å². The molecule has 24 heavy (non-hydrogen) atoms. The molecule has 0 aromatic heterocycles. The largest absolute Gasteiger partial charge is 0.282 e. The highest BCUT2D eigenvalue weighted by Gasteiger charge is 2.34. The Labute approximate surface area is 136 Å². The number of carbonyl (C=O) groups is 2. The van der Waals surface area contributed by atoms with Gasteiger partial charge in [0.2, 0.25) is 0 Å². The second-order valence-corrected chi connectivity index (χ2v) is 4.91. The van der Waals surface area contributed by atoms with Crippen LogP contribution in [-0.4, -0.2) is 28.0 Å². The molecule has 118 valence electrons.